The molecule has 30 heavy (non-hydrogen) atoms. The Labute approximate surface area is 203 Å². The number of aliphatic hydroxyl groups is 1. The van der Waals surface area contributed by atoms with E-state index in [1.165, 1.54) is 17.3 Å². The smallest absolute Gasteiger partial charge is 0.151 e. The molecule has 0 bridgehead atoms. The van der Waals surface area contributed by atoms with Crippen LogP contribution in [-0.2, 0) is 12.1 Å². The Morgan fingerprint density at radius 3 is 2.27 bits per heavy atom. The number of hydrogen-bond donors (Lipinski definition) is 1. The zero-order valence-electron chi connectivity index (χ0n) is 15.2. The van der Waals surface area contributed by atoms with Gasteiger partial charge in [-0.15, -0.1) is 23.2 Å². The molecule has 1 heterocycles. The standard InChI is InChI=1S/C19H15Cl6N3O2/c20-12-1-3-13(4-2-12)30-14-5-6-15(16(21)7-14)18(29,8-19(24,25)17(22)23)9-28-11-26-10-27-28/h1-7,10-11,17,29H,8-9H2. The maximum absolute atomic E-state index is 11.5. The Morgan fingerprint density at radius 2 is 1.70 bits per heavy atom. The van der Waals surface area contributed by atoms with Crippen LogP contribution >= 0.6 is 69.6 Å². The first-order valence-corrected chi connectivity index (χ1v) is 10.9. The third kappa shape index (κ3) is 5.86. The Morgan fingerprint density at radius 1 is 1.03 bits per heavy atom. The Balaban J connectivity index is 1.93. The second-order valence-electron chi connectivity index (χ2n) is 6.56. The van der Waals surface area contributed by atoms with Gasteiger partial charge in [0.25, 0.3) is 0 Å². The van der Waals surface area contributed by atoms with Crippen molar-refractivity contribution in [3.05, 3.63) is 70.7 Å². The second kappa shape index (κ2) is 9.70. The van der Waals surface area contributed by atoms with Crippen LogP contribution in [-0.4, -0.2) is 29.0 Å². The van der Waals surface area contributed by atoms with Gasteiger partial charge >= 0.3 is 0 Å². The van der Waals surface area contributed by atoms with E-state index in [0.29, 0.717) is 22.1 Å². The lowest BCUT2D eigenvalue weighted by molar-refractivity contribution is 0.00327. The maximum atomic E-state index is 11.5. The number of rotatable bonds is 8. The molecule has 1 atom stereocenters. The molecule has 11 heteroatoms. The highest BCUT2D eigenvalue weighted by atomic mass is 35.5. The average molecular weight is 530 g/mol. The molecule has 0 aliphatic heterocycles. The Kier molecular flexibility index (Phi) is 7.67. The lowest BCUT2D eigenvalue weighted by Gasteiger charge is -2.35. The van der Waals surface area contributed by atoms with Crippen molar-refractivity contribution < 1.29 is 9.84 Å². The molecule has 3 aromatic rings. The fourth-order valence-electron chi connectivity index (χ4n) is 2.86. The van der Waals surface area contributed by atoms with Crippen molar-refractivity contribution in [2.24, 2.45) is 0 Å². The van der Waals surface area contributed by atoms with E-state index in [2.05, 4.69) is 10.1 Å². The summed E-state index contributed by atoms with van der Waals surface area (Å²) in [7, 11) is 0. The van der Waals surface area contributed by atoms with Crippen LogP contribution in [0, 0.1) is 0 Å². The molecule has 0 amide bonds. The van der Waals surface area contributed by atoms with Crippen LogP contribution in [0.15, 0.2) is 55.1 Å². The molecule has 0 aliphatic carbocycles. The monoisotopic (exact) mass is 527 g/mol. The van der Waals surface area contributed by atoms with Crippen LogP contribution in [0.1, 0.15) is 12.0 Å². The zero-order valence-corrected chi connectivity index (χ0v) is 19.7. The van der Waals surface area contributed by atoms with E-state index in [1.54, 1.807) is 42.5 Å². The molecular formula is C19H15Cl6N3O2. The topological polar surface area (TPSA) is 60.2 Å². The van der Waals surface area contributed by atoms with Gasteiger partial charge in [-0.25, -0.2) is 9.67 Å². The predicted octanol–water partition coefficient (Wildman–Crippen LogP) is 6.63. The number of halogens is 6. The van der Waals surface area contributed by atoms with Crippen LogP contribution in [0.3, 0.4) is 0 Å². The molecule has 0 spiro atoms. The van der Waals surface area contributed by atoms with E-state index in [9.17, 15) is 5.11 Å². The normalized spacial score (nSPS) is 14.0. The minimum atomic E-state index is -1.66. The summed E-state index contributed by atoms with van der Waals surface area (Å²) >= 11 is 36.7. The molecule has 0 radical (unpaired) electrons. The van der Waals surface area contributed by atoms with Gasteiger partial charge in [0.05, 0.1) is 11.6 Å². The number of nitrogens with zero attached hydrogens (tertiary/aromatic N) is 3. The summed E-state index contributed by atoms with van der Waals surface area (Å²) in [6.45, 7) is -0.0359. The predicted molar refractivity (Wildman–Crippen MR) is 121 cm³/mol. The summed E-state index contributed by atoms with van der Waals surface area (Å²) in [5, 5.41) is 16.4. The van der Waals surface area contributed by atoms with Crippen LogP contribution in [0.25, 0.3) is 0 Å². The van der Waals surface area contributed by atoms with Crippen molar-refractivity contribution >= 4 is 69.6 Å². The van der Waals surface area contributed by atoms with Gasteiger partial charge in [0, 0.05) is 17.0 Å². The molecule has 0 saturated heterocycles. The van der Waals surface area contributed by atoms with Crippen molar-refractivity contribution in [2.45, 2.75) is 27.7 Å². The van der Waals surface area contributed by atoms with Crippen molar-refractivity contribution in [1.29, 1.82) is 0 Å². The highest BCUT2D eigenvalue weighted by Gasteiger charge is 2.44. The molecule has 1 N–H and O–H groups in total. The van der Waals surface area contributed by atoms with E-state index < -0.39 is 14.8 Å². The van der Waals surface area contributed by atoms with E-state index in [-0.39, 0.29) is 18.0 Å². The largest absolute Gasteiger partial charge is 0.457 e. The van der Waals surface area contributed by atoms with Gasteiger partial charge in [-0.05, 0) is 36.4 Å². The number of hydrogen-bond acceptors (Lipinski definition) is 4. The van der Waals surface area contributed by atoms with Crippen molar-refractivity contribution in [3.8, 4) is 11.5 Å². The third-order valence-electron chi connectivity index (χ3n) is 4.23. The minimum absolute atomic E-state index is 0.0359. The van der Waals surface area contributed by atoms with Gasteiger partial charge in [0.15, 0.2) is 4.33 Å². The molecule has 5 nitrogen and oxygen atoms in total. The molecule has 3 rings (SSSR count). The van der Waals surface area contributed by atoms with Gasteiger partial charge in [-0.3, -0.25) is 0 Å². The molecule has 1 aromatic heterocycles. The number of aromatic nitrogens is 3. The lowest BCUT2D eigenvalue weighted by atomic mass is 9.88. The summed E-state index contributed by atoms with van der Waals surface area (Å²) in [6.07, 6.45) is 2.56. The summed E-state index contributed by atoms with van der Waals surface area (Å²) in [5.41, 5.74) is -1.31. The second-order valence-corrected chi connectivity index (χ2v) is 10.0. The quantitative estimate of drug-likeness (QED) is 0.333. The van der Waals surface area contributed by atoms with E-state index >= 15 is 0 Å². The van der Waals surface area contributed by atoms with Crippen LogP contribution in [0.2, 0.25) is 10.0 Å². The summed E-state index contributed by atoms with van der Waals surface area (Å²) in [5.74, 6) is 1.04. The number of alkyl halides is 4. The van der Waals surface area contributed by atoms with Gasteiger partial charge in [0.1, 0.15) is 34.6 Å². The molecule has 2 aromatic carbocycles. The van der Waals surface area contributed by atoms with Gasteiger partial charge in [-0.1, -0.05) is 52.5 Å². The van der Waals surface area contributed by atoms with Gasteiger partial charge in [-0.2, -0.15) is 5.10 Å². The Hall–Kier alpha value is -0.920. The first-order valence-electron chi connectivity index (χ1n) is 8.53. The first kappa shape index (κ1) is 23.7. The Bertz CT molecular complexity index is 982. The highest BCUT2D eigenvalue weighted by Crippen LogP contribution is 2.45. The summed E-state index contributed by atoms with van der Waals surface area (Å²) in [4.78, 5) is 2.72. The molecule has 0 aliphatic rings. The van der Waals surface area contributed by atoms with E-state index in [0.717, 1.165) is 0 Å². The van der Waals surface area contributed by atoms with Gasteiger partial charge < -0.3 is 9.84 Å². The molecule has 0 fully saturated rings. The summed E-state index contributed by atoms with van der Waals surface area (Å²) in [6, 6.07) is 11.7. The molecule has 1 unspecified atom stereocenters. The van der Waals surface area contributed by atoms with E-state index in [1.807, 2.05) is 0 Å². The average Bonchev–Trinajstić information content (AvgIpc) is 3.15. The first-order chi connectivity index (χ1) is 14.1. The summed E-state index contributed by atoms with van der Waals surface area (Å²) < 4.78 is 5.55. The molecular weight excluding hydrogens is 515 g/mol. The third-order valence-corrected chi connectivity index (χ3v) is 6.69. The van der Waals surface area contributed by atoms with Gasteiger partial charge in [0.2, 0.25) is 0 Å². The molecule has 0 saturated carbocycles. The van der Waals surface area contributed by atoms with E-state index in [4.69, 9.17) is 74.3 Å². The number of benzene rings is 2. The number of ether oxygens (including phenoxy) is 1. The van der Waals surface area contributed by atoms with Crippen molar-refractivity contribution in [2.75, 3.05) is 0 Å². The SMILES string of the molecule is OC(Cn1cncn1)(CC(Cl)(Cl)C(Cl)Cl)c1ccc(Oc2ccc(Cl)cc2)cc1Cl. The van der Waals surface area contributed by atoms with Crippen LogP contribution < -0.4 is 4.74 Å². The fourth-order valence-corrected chi connectivity index (χ4v) is 3.93. The zero-order chi connectivity index (χ0) is 21.9. The van der Waals surface area contributed by atoms with Crippen molar-refractivity contribution in [3.63, 3.8) is 0 Å². The van der Waals surface area contributed by atoms with Crippen LogP contribution in [0.4, 0.5) is 0 Å². The van der Waals surface area contributed by atoms with Crippen LogP contribution in [0.5, 0.6) is 11.5 Å². The van der Waals surface area contributed by atoms with Crippen molar-refractivity contribution in [1.82, 2.24) is 14.8 Å². The molecule has 160 valence electrons. The minimum Gasteiger partial charge on any atom is -0.457 e. The lowest BCUT2D eigenvalue weighted by Crippen LogP contribution is -2.40. The highest BCUT2D eigenvalue weighted by molar-refractivity contribution is 6.59. The maximum Gasteiger partial charge on any atom is 0.151 e. The fraction of sp³-hybridized carbons (Fsp3) is 0.263.